The van der Waals surface area contributed by atoms with Crippen LogP contribution in [0, 0.1) is 0 Å². The number of esters is 1. The second kappa shape index (κ2) is 9.78. The normalized spacial score (nSPS) is 10.8. The molecule has 1 amide bonds. The highest BCUT2D eigenvalue weighted by atomic mass is 16.6. The van der Waals surface area contributed by atoms with Crippen molar-refractivity contribution in [2.24, 2.45) is 5.11 Å². The smallest absolute Gasteiger partial charge is 0.410 e. The molecule has 0 saturated carbocycles. The standard InChI is InChI=1S/C11H18N4O4/c1-4-6-19-11(17)15(3)9(8-13-14-12)7-10(16)18-5-2/h4,9H,1,5-8H2,2-3H3/t9-/m0/s1. The summed E-state index contributed by atoms with van der Waals surface area (Å²) in [6, 6.07) is -0.604. The van der Waals surface area contributed by atoms with Crippen LogP contribution in [-0.4, -0.2) is 49.8 Å². The molecule has 0 aliphatic rings. The van der Waals surface area contributed by atoms with Gasteiger partial charge in [0.05, 0.1) is 19.1 Å². The van der Waals surface area contributed by atoms with Crippen LogP contribution >= 0.6 is 0 Å². The molecule has 1 atom stereocenters. The summed E-state index contributed by atoms with van der Waals surface area (Å²) in [4.78, 5) is 26.8. The van der Waals surface area contributed by atoms with Crippen molar-refractivity contribution >= 4 is 12.1 Å². The molecule has 0 saturated heterocycles. The summed E-state index contributed by atoms with van der Waals surface area (Å²) in [5.74, 6) is -0.469. The van der Waals surface area contributed by atoms with Gasteiger partial charge in [-0.3, -0.25) is 4.79 Å². The summed E-state index contributed by atoms with van der Waals surface area (Å²) >= 11 is 0. The van der Waals surface area contributed by atoms with Gasteiger partial charge in [-0.15, -0.1) is 0 Å². The highest BCUT2D eigenvalue weighted by molar-refractivity contribution is 5.72. The van der Waals surface area contributed by atoms with Gasteiger partial charge in [-0.2, -0.15) is 0 Å². The highest BCUT2D eigenvalue weighted by Gasteiger charge is 2.23. The zero-order chi connectivity index (χ0) is 14.7. The van der Waals surface area contributed by atoms with Gasteiger partial charge in [0.2, 0.25) is 0 Å². The molecule has 0 unspecified atom stereocenters. The molecule has 0 aromatic rings. The van der Waals surface area contributed by atoms with Crippen LogP contribution in [0.15, 0.2) is 17.8 Å². The predicted molar refractivity (Wildman–Crippen MR) is 68.4 cm³/mol. The summed E-state index contributed by atoms with van der Waals surface area (Å²) in [6.07, 6.45) is 0.744. The maximum Gasteiger partial charge on any atom is 0.410 e. The zero-order valence-corrected chi connectivity index (χ0v) is 11.1. The summed E-state index contributed by atoms with van der Waals surface area (Å²) < 4.78 is 9.63. The van der Waals surface area contributed by atoms with E-state index in [1.54, 1.807) is 6.92 Å². The van der Waals surface area contributed by atoms with Gasteiger partial charge in [0, 0.05) is 18.5 Å². The Hall–Kier alpha value is -2.21. The van der Waals surface area contributed by atoms with Gasteiger partial charge in [-0.1, -0.05) is 17.8 Å². The van der Waals surface area contributed by atoms with Crippen LogP contribution in [0.1, 0.15) is 13.3 Å². The molecule has 0 N–H and O–H groups in total. The predicted octanol–water partition coefficient (Wildman–Crippen LogP) is 1.87. The molecule has 0 rings (SSSR count). The molecule has 0 radical (unpaired) electrons. The molecule has 0 spiro atoms. The second-order valence-electron chi connectivity index (χ2n) is 3.55. The molecule has 0 bridgehead atoms. The Morgan fingerprint density at radius 1 is 1.53 bits per heavy atom. The number of rotatable bonds is 8. The SMILES string of the molecule is C=CCOC(=O)N(C)[C@H](CN=[N+]=[N-])CC(=O)OCC. The van der Waals surface area contributed by atoms with Crippen LogP contribution in [0.4, 0.5) is 4.79 Å². The molecular formula is C11H18N4O4. The molecule has 0 aromatic carbocycles. The van der Waals surface area contributed by atoms with Gasteiger partial charge in [0.25, 0.3) is 0 Å². The van der Waals surface area contributed by atoms with E-state index in [0.29, 0.717) is 0 Å². The number of nitrogens with zero attached hydrogens (tertiary/aromatic N) is 4. The van der Waals surface area contributed by atoms with E-state index >= 15 is 0 Å². The Labute approximate surface area is 111 Å². The lowest BCUT2D eigenvalue weighted by Gasteiger charge is -2.25. The average molecular weight is 270 g/mol. The monoisotopic (exact) mass is 270 g/mol. The van der Waals surface area contributed by atoms with Crippen molar-refractivity contribution < 1.29 is 19.1 Å². The average Bonchev–Trinajstić information content (AvgIpc) is 2.40. The second-order valence-corrected chi connectivity index (χ2v) is 3.55. The van der Waals surface area contributed by atoms with Crippen LogP contribution in [0.3, 0.4) is 0 Å². The van der Waals surface area contributed by atoms with Crippen molar-refractivity contribution in [1.29, 1.82) is 0 Å². The summed E-state index contributed by atoms with van der Waals surface area (Å²) in [7, 11) is 1.46. The molecule has 0 aliphatic heterocycles. The first-order valence-corrected chi connectivity index (χ1v) is 5.73. The first kappa shape index (κ1) is 16.8. The van der Waals surface area contributed by atoms with Crippen LogP contribution in [-0.2, 0) is 14.3 Å². The fourth-order valence-corrected chi connectivity index (χ4v) is 1.25. The van der Waals surface area contributed by atoms with Crippen LogP contribution < -0.4 is 0 Å². The van der Waals surface area contributed by atoms with Crippen molar-refractivity contribution in [3.63, 3.8) is 0 Å². The van der Waals surface area contributed by atoms with E-state index in [2.05, 4.69) is 16.6 Å². The number of hydrogen-bond donors (Lipinski definition) is 0. The molecule has 0 aliphatic carbocycles. The van der Waals surface area contributed by atoms with E-state index < -0.39 is 18.1 Å². The number of hydrogen-bond acceptors (Lipinski definition) is 5. The quantitative estimate of drug-likeness (QED) is 0.221. The van der Waals surface area contributed by atoms with Crippen molar-refractivity contribution in [2.45, 2.75) is 19.4 Å². The minimum Gasteiger partial charge on any atom is -0.466 e. The largest absolute Gasteiger partial charge is 0.466 e. The number of amides is 1. The molecule has 19 heavy (non-hydrogen) atoms. The van der Waals surface area contributed by atoms with Gasteiger partial charge in [0.1, 0.15) is 6.61 Å². The molecule has 8 heteroatoms. The molecule has 0 heterocycles. The van der Waals surface area contributed by atoms with Crippen LogP contribution in [0.25, 0.3) is 10.4 Å². The van der Waals surface area contributed by atoms with E-state index in [1.807, 2.05) is 0 Å². The van der Waals surface area contributed by atoms with Gasteiger partial charge >= 0.3 is 12.1 Å². The number of carbonyl (C=O) groups excluding carboxylic acids is 2. The zero-order valence-electron chi connectivity index (χ0n) is 11.1. The minimum atomic E-state index is -0.623. The van der Waals surface area contributed by atoms with Gasteiger partial charge in [0.15, 0.2) is 0 Å². The molecule has 0 aromatic heterocycles. The Kier molecular flexibility index (Phi) is 8.64. The Morgan fingerprint density at radius 2 is 2.21 bits per heavy atom. The lowest BCUT2D eigenvalue weighted by atomic mass is 10.2. The van der Waals surface area contributed by atoms with Crippen molar-refractivity contribution in [3.05, 3.63) is 23.1 Å². The summed E-state index contributed by atoms with van der Waals surface area (Å²) in [5, 5.41) is 3.37. The highest BCUT2D eigenvalue weighted by Crippen LogP contribution is 2.07. The Bertz CT molecular complexity index is 366. The van der Waals surface area contributed by atoms with E-state index in [4.69, 9.17) is 15.0 Å². The molecule has 106 valence electrons. The minimum absolute atomic E-state index is 0.0327. The van der Waals surface area contributed by atoms with Gasteiger partial charge < -0.3 is 14.4 Å². The molecule has 0 fully saturated rings. The fourth-order valence-electron chi connectivity index (χ4n) is 1.25. The summed E-state index contributed by atoms with van der Waals surface area (Å²) in [5.41, 5.74) is 8.31. The Balaban J connectivity index is 4.61. The third-order valence-corrected chi connectivity index (χ3v) is 2.22. The van der Waals surface area contributed by atoms with Crippen molar-refractivity contribution in [3.8, 4) is 0 Å². The van der Waals surface area contributed by atoms with E-state index in [-0.39, 0.29) is 26.2 Å². The number of ether oxygens (including phenoxy) is 2. The van der Waals surface area contributed by atoms with E-state index in [1.165, 1.54) is 18.0 Å². The van der Waals surface area contributed by atoms with Crippen LogP contribution in [0.5, 0.6) is 0 Å². The third-order valence-electron chi connectivity index (χ3n) is 2.22. The third kappa shape index (κ3) is 6.95. The lowest BCUT2D eigenvalue weighted by molar-refractivity contribution is -0.144. The van der Waals surface area contributed by atoms with E-state index in [0.717, 1.165) is 0 Å². The van der Waals surface area contributed by atoms with Gasteiger partial charge in [-0.05, 0) is 12.5 Å². The maximum absolute atomic E-state index is 11.6. The number of likely N-dealkylation sites (N-methyl/N-ethyl adjacent to an activating group) is 1. The number of carbonyl (C=O) groups is 2. The maximum atomic E-state index is 11.6. The Morgan fingerprint density at radius 3 is 2.74 bits per heavy atom. The lowest BCUT2D eigenvalue weighted by Crippen LogP contribution is -2.41. The first-order valence-electron chi connectivity index (χ1n) is 5.73. The van der Waals surface area contributed by atoms with Crippen molar-refractivity contribution in [2.75, 3.05) is 26.8 Å². The van der Waals surface area contributed by atoms with Crippen molar-refractivity contribution in [1.82, 2.24) is 4.90 Å². The van der Waals surface area contributed by atoms with Gasteiger partial charge in [-0.25, -0.2) is 4.79 Å². The molecular weight excluding hydrogens is 252 g/mol. The topological polar surface area (TPSA) is 105 Å². The van der Waals surface area contributed by atoms with Crippen LogP contribution in [0.2, 0.25) is 0 Å². The first-order chi connectivity index (χ1) is 9.06. The summed E-state index contributed by atoms with van der Waals surface area (Å²) in [6.45, 7) is 5.39. The number of azide groups is 1. The fraction of sp³-hybridized carbons (Fsp3) is 0.636. The molecule has 8 nitrogen and oxygen atoms in total. The van der Waals surface area contributed by atoms with E-state index in [9.17, 15) is 9.59 Å².